The fourth-order valence-electron chi connectivity index (χ4n) is 4.67. The van der Waals surface area contributed by atoms with Crippen LogP contribution >= 0.6 is 0 Å². The van der Waals surface area contributed by atoms with Crippen LogP contribution in [0.25, 0.3) is 34.0 Å². The molecular formula is C33H36F3N3O3. The van der Waals surface area contributed by atoms with Gasteiger partial charge in [0.15, 0.2) is 0 Å². The number of halogens is 3. The number of benzene rings is 3. The molecule has 3 aromatic carbocycles. The number of hydrogen-bond acceptors (Lipinski definition) is 6. The molecule has 222 valence electrons. The molecule has 0 amide bonds. The van der Waals surface area contributed by atoms with E-state index in [1.807, 2.05) is 45.0 Å². The number of rotatable bonds is 9. The third-order valence-corrected chi connectivity index (χ3v) is 6.76. The van der Waals surface area contributed by atoms with Gasteiger partial charge in [-0.25, -0.2) is 0 Å². The molecule has 0 fully saturated rings. The Hall–Kier alpha value is -3.98. The van der Waals surface area contributed by atoms with Crippen LogP contribution in [0.4, 0.5) is 13.2 Å². The molecule has 0 bridgehead atoms. The Kier molecular flexibility index (Phi) is 9.21. The molecule has 0 N–H and O–H groups in total. The highest BCUT2D eigenvalue weighted by molar-refractivity contribution is 5.74. The molecule has 42 heavy (non-hydrogen) atoms. The van der Waals surface area contributed by atoms with Crippen molar-refractivity contribution in [2.24, 2.45) is 0 Å². The summed E-state index contributed by atoms with van der Waals surface area (Å²) < 4.78 is 53.2. The van der Waals surface area contributed by atoms with E-state index in [4.69, 9.17) is 9.26 Å². The molecule has 0 radical (unpaired) electrons. The van der Waals surface area contributed by atoms with Crippen molar-refractivity contribution in [2.45, 2.75) is 72.3 Å². The summed E-state index contributed by atoms with van der Waals surface area (Å²) in [5.41, 5.74) is 1.88. The average Bonchev–Trinajstić information content (AvgIpc) is 3.40. The van der Waals surface area contributed by atoms with Gasteiger partial charge in [-0.3, -0.25) is 9.69 Å². The maximum atomic E-state index is 14.1. The van der Waals surface area contributed by atoms with Gasteiger partial charge in [-0.1, -0.05) is 53.7 Å². The Balaban J connectivity index is 1.55. The number of aromatic nitrogens is 2. The van der Waals surface area contributed by atoms with Crippen LogP contribution in [0, 0.1) is 6.92 Å². The number of hydrogen-bond donors (Lipinski definition) is 0. The van der Waals surface area contributed by atoms with Gasteiger partial charge in [-0.2, -0.15) is 18.2 Å². The summed E-state index contributed by atoms with van der Waals surface area (Å²) in [7, 11) is 0. The number of nitrogens with zero attached hydrogens (tertiary/aromatic N) is 3. The van der Waals surface area contributed by atoms with Crippen molar-refractivity contribution in [3.05, 3.63) is 83.4 Å². The summed E-state index contributed by atoms with van der Waals surface area (Å²) in [6, 6.07) is 18.8. The van der Waals surface area contributed by atoms with E-state index in [1.165, 1.54) is 6.07 Å². The van der Waals surface area contributed by atoms with Crippen LogP contribution in [-0.4, -0.2) is 39.2 Å². The molecule has 4 aromatic rings. The van der Waals surface area contributed by atoms with Crippen molar-refractivity contribution < 1.29 is 27.2 Å². The van der Waals surface area contributed by atoms with Gasteiger partial charge in [0.05, 0.1) is 12.0 Å². The van der Waals surface area contributed by atoms with Crippen LogP contribution in [0.1, 0.15) is 57.7 Å². The van der Waals surface area contributed by atoms with Gasteiger partial charge in [0.25, 0.3) is 5.89 Å². The van der Waals surface area contributed by atoms with Gasteiger partial charge >= 0.3 is 12.1 Å². The minimum absolute atomic E-state index is 0.00148. The molecule has 6 nitrogen and oxygen atoms in total. The highest BCUT2D eigenvalue weighted by Crippen LogP contribution is 2.40. The standard InChI is InChI=1S/C33H36F3N3O3/c1-21(2)39(17-16-29(40)41-32(4,5)6)20-23-11-9-12-24(18-23)30-37-31(42-38-30)25-14-15-27(28(19-25)33(34,35)36)26-13-8-7-10-22(26)3/h7-15,18-19,21H,16-17,20H2,1-6H3. The number of carbonyl (C=O) groups is 1. The molecule has 0 saturated heterocycles. The van der Waals surface area contributed by atoms with Gasteiger partial charge in [0.1, 0.15) is 5.60 Å². The Morgan fingerprint density at radius 1 is 0.952 bits per heavy atom. The van der Waals surface area contributed by atoms with Crippen LogP contribution in [-0.2, 0) is 22.3 Å². The second-order valence-corrected chi connectivity index (χ2v) is 11.6. The Labute approximate surface area is 244 Å². The van der Waals surface area contributed by atoms with Gasteiger partial charge in [0, 0.05) is 30.3 Å². The molecule has 4 rings (SSSR count). The van der Waals surface area contributed by atoms with E-state index >= 15 is 0 Å². The zero-order valence-electron chi connectivity index (χ0n) is 24.7. The van der Waals surface area contributed by atoms with E-state index < -0.39 is 17.3 Å². The maximum absolute atomic E-state index is 14.1. The number of aryl methyl sites for hydroxylation is 1. The highest BCUT2D eigenvalue weighted by atomic mass is 19.4. The van der Waals surface area contributed by atoms with Crippen molar-refractivity contribution >= 4 is 5.97 Å². The van der Waals surface area contributed by atoms with Crippen LogP contribution in [0.2, 0.25) is 0 Å². The molecule has 0 atom stereocenters. The number of esters is 1. The number of alkyl halides is 3. The smallest absolute Gasteiger partial charge is 0.417 e. The largest absolute Gasteiger partial charge is 0.460 e. The fourth-order valence-corrected chi connectivity index (χ4v) is 4.67. The number of carbonyl (C=O) groups excluding carboxylic acids is 1. The quantitative estimate of drug-likeness (QED) is 0.186. The summed E-state index contributed by atoms with van der Waals surface area (Å²) in [6.07, 6.45) is -4.30. The number of ether oxygens (including phenoxy) is 1. The van der Waals surface area contributed by atoms with E-state index in [2.05, 4.69) is 28.9 Å². The lowest BCUT2D eigenvalue weighted by Gasteiger charge is -2.27. The minimum Gasteiger partial charge on any atom is -0.460 e. The summed E-state index contributed by atoms with van der Waals surface area (Å²) in [5.74, 6) is 0.0217. The lowest BCUT2D eigenvalue weighted by molar-refractivity contribution is -0.155. The van der Waals surface area contributed by atoms with E-state index in [0.717, 1.165) is 17.2 Å². The molecule has 9 heteroatoms. The minimum atomic E-state index is -4.57. The first-order valence-electron chi connectivity index (χ1n) is 13.9. The normalized spacial score (nSPS) is 12.3. The lowest BCUT2D eigenvalue weighted by atomic mass is 9.94. The average molecular weight is 580 g/mol. The Morgan fingerprint density at radius 2 is 1.69 bits per heavy atom. The molecule has 0 unspecified atom stereocenters. The second-order valence-electron chi connectivity index (χ2n) is 11.6. The zero-order valence-corrected chi connectivity index (χ0v) is 24.7. The monoisotopic (exact) mass is 579 g/mol. The molecule has 0 aliphatic rings. The summed E-state index contributed by atoms with van der Waals surface area (Å²) in [4.78, 5) is 18.8. The second kappa shape index (κ2) is 12.5. The fraction of sp³-hybridized carbons (Fsp3) is 0.364. The maximum Gasteiger partial charge on any atom is 0.417 e. The van der Waals surface area contributed by atoms with Crippen molar-refractivity contribution in [1.29, 1.82) is 0 Å². The Bertz CT molecular complexity index is 1540. The van der Waals surface area contributed by atoms with Crippen LogP contribution in [0.5, 0.6) is 0 Å². The summed E-state index contributed by atoms with van der Waals surface area (Å²) in [5, 5.41) is 4.06. The van der Waals surface area contributed by atoms with Crippen LogP contribution in [0.3, 0.4) is 0 Å². The van der Waals surface area contributed by atoms with Crippen LogP contribution < -0.4 is 0 Å². The van der Waals surface area contributed by atoms with E-state index in [-0.39, 0.29) is 41.3 Å². The molecule has 0 aliphatic heterocycles. The van der Waals surface area contributed by atoms with E-state index in [9.17, 15) is 18.0 Å². The molecule has 1 heterocycles. The zero-order chi connectivity index (χ0) is 30.7. The van der Waals surface area contributed by atoms with Crippen molar-refractivity contribution in [1.82, 2.24) is 15.0 Å². The predicted octanol–water partition coefficient (Wildman–Crippen LogP) is 8.34. The van der Waals surface area contributed by atoms with Gasteiger partial charge in [-0.15, -0.1) is 0 Å². The summed E-state index contributed by atoms with van der Waals surface area (Å²) >= 11 is 0. The van der Waals surface area contributed by atoms with Gasteiger partial charge < -0.3 is 9.26 Å². The summed E-state index contributed by atoms with van der Waals surface area (Å²) in [6.45, 7) is 12.5. The van der Waals surface area contributed by atoms with Gasteiger partial charge in [-0.05, 0) is 82.0 Å². The van der Waals surface area contributed by atoms with Crippen molar-refractivity contribution in [2.75, 3.05) is 6.54 Å². The van der Waals surface area contributed by atoms with E-state index in [0.29, 0.717) is 24.2 Å². The molecule has 1 aromatic heterocycles. The topological polar surface area (TPSA) is 68.5 Å². The highest BCUT2D eigenvalue weighted by Gasteiger charge is 2.35. The van der Waals surface area contributed by atoms with Crippen molar-refractivity contribution in [3.63, 3.8) is 0 Å². The predicted molar refractivity (Wildman–Crippen MR) is 156 cm³/mol. The van der Waals surface area contributed by atoms with Gasteiger partial charge in [0.2, 0.25) is 5.82 Å². The Morgan fingerprint density at radius 3 is 2.36 bits per heavy atom. The molecule has 0 saturated carbocycles. The van der Waals surface area contributed by atoms with Crippen molar-refractivity contribution in [3.8, 4) is 34.0 Å². The van der Waals surface area contributed by atoms with E-state index in [1.54, 1.807) is 37.3 Å². The molecular weight excluding hydrogens is 543 g/mol. The third kappa shape index (κ3) is 7.85. The third-order valence-electron chi connectivity index (χ3n) is 6.76. The lowest BCUT2D eigenvalue weighted by Crippen LogP contribution is -2.34. The van der Waals surface area contributed by atoms with Crippen LogP contribution in [0.15, 0.2) is 71.3 Å². The molecule has 0 aliphatic carbocycles. The SMILES string of the molecule is Cc1ccccc1-c1ccc(-c2nc(-c3cccc(CN(CCC(=O)OC(C)(C)C)C(C)C)c3)no2)cc1C(F)(F)F. The first-order chi connectivity index (χ1) is 19.7. The molecule has 0 spiro atoms. The first kappa shape index (κ1) is 31.0. The first-order valence-corrected chi connectivity index (χ1v) is 13.9.